The average Bonchev–Trinajstić information content (AvgIpc) is 2.34. The van der Waals surface area contributed by atoms with E-state index in [4.69, 9.17) is 5.73 Å². The Hall–Kier alpha value is -1.37. The van der Waals surface area contributed by atoms with Crippen LogP contribution in [0.1, 0.15) is 13.3 Å². The molecule has 0 bridgehead atoms. The lowest BCUT2D eigenvalue weighted by Crippen LogP contribution is -2.33. The van der Waals surface area contributed by atoms with Gasteiger partial charge in [0, 0.05) is 13.1 Å². The highest BCUT2D eigenvalue weighted by Gasteiger charge is 2.29. The highest BCUT2D eigenvalue weighted by atomic mass is 19.2. The number of benzene rings is 1. The van der Waals surface area contributed by atoms with Crippen LogP contribution in [-0.2, 0) is 0 Å². The fourth-order valence-electron chi connectivity index (χ4n) is 1.56. The molecule has 0 radical (unpaired) electrons. The molecular formula is C11H13F5N2. The fraction of sp³-hybridized carbons (Fsp3) is 0.455. The summed E-state index contributed by atoms with van der Waals surface area (Å²) in [7, 11) is 1.25. The molecule has 1 unspecified atom stereocenters. The van der Waals surface area contributed by atoms with Gasteiger partial charge in [0.15, 0.2) is 23.3 Å². The van der Waals surface area contributed by atoms with E-state index in [0.29, 0.717) is 6.42 Å². The first-order chi connectivity index (χ1) is 8.32. The molecule has 1 aromatic carbocycles. The Bertz CT molecular complexity index is 421. The molecule has 0 saturated carbocycles. The van der Waals surface area contributed by atoms with E-state index in [1.165, 1.54) is 7.05 Å². The Morgan fingerprint density at radius 1 is 0.944 bits per heavy atom. The molecule has 0 aliphatic rings. The van der Waals surface area contributed by atoms with Gasteiger partial charge in [-0.2, -0.15) is 0 Å². The molecule has 1 aromatic rings. The molecule has 0 fully saturated rings. The summed E-state index contributed by atoms with van der Waals surface area (Å²) in [6.07, 6.45) is 0.357. The number of hydrogen-bond acceptors (Lipinski definition) is 2. The third kappa shape index (κ3) is 2.40. The zero-order valence-corrected chi connectivity index (χ0v) is 9.91. The Labute approximate surface area is 101 Å². The molecule has 0 aliphatic heterocycles. The second-order valence-corrected chi connectivity index (χ2v) is 3.96. The van der Waals surface area contributed by atoms with Crippen molar-refractivity contribution in [2.45, 2.75) is 19.4 Å². The molecule has 0 aliphatic carbocycles. The van der Waals surface area contributed by atoms with E-state index < -0.39 is 40.8 Å². The zero-order valence-electron chi connectivity index (χ0n) is 9.91. The second-order valence-electron chi connectivity index (χ2n) is 3.96. The van der Waals surface area contributed by atoms with Gasteiger partial charge in [0.25, 0.3) is 0 Å². The van der Waals surface area contributed by atoms with E-state index in [9.17, 15) is 22.0 Å². The maximum Gasteiger partial charge on any atom is 0.200 e. The van der Waals surface area contributed by atoms with Gasteiger partial charge in [0.1, 0.15) is 5.69 Å². The molecule has 1 atom stereocenters. The maximum absolute atomic E-state index is 13.5. The van der Waals surface area contributed by atoms with Crippen LogP contribution in [0.4, 0.5) is 27.6 Å². The van der Waals surface area contributed by atoms with Crippen LogP contribution in [0, 0.1) is 29.1 Å². The summed E-state index contributed by atoms with van der Waals surface area (Å²) in [6, 6.07) is -0.455. The van der Waals surface area contributed by atoms with Gasteiger partial charge in [-0.05, 0) is 19.9 Å². The van der Waals surface area contributed by atoms with Crippen molar-refractivity contribution in [1.29, 1.82) is 0 Å². The Morgan fingerprint density at radius 2 is 1.33 bits per heavy atom. The van der Waals surface area contributed by atoms with Crippen LogP contribution in [0.5, 0.6) is 0 Å². The summed E-state index contributed by atoms with van der Waals surface area (Å²) >= 11 is 0. The predicted molar refractivity (Wildman–Crippen MR) is 57.8 cm³/mol. The largest absolute Gasteiger partial charge is 0.367 e. The summed E-state index contributed by atoms with van der Waals surface area (Å²) in [4.78, 5) is 0.989. The number of hydrogen-bond donors (Lipinski definition) is 1. The van der Waals surface area contributed by atoms with Gasteiger partial charge >= 0.3 is 0 Å². The first kappa shape index (κ1) is 14.7. The number of anilines is 1. The van der Waals surface area contributed by atoms with Gasteiger partial charge in [0.2, 0.25) is 5.82 Å². The van der Waals surface area contributed by atoms with Crippen LogP contribution in [0.15, 0.2) is 0 Å². The second kappa shape index (κ2) is 5.51. The summed E-state index contributed by atoms with van der Waals surface area (Å²) in [6.45, 7) is 1.81. The molecule has 0 heterocycles. The minimum atomic E-state index is -2.16. The summed E-state index contributed by atoms with van der Waals surface area (Å²) in [5.74, 6) is -9.73. The molecule has 7 heteroatoms. The quantitative estimate of drug-likeness (QED) is 0.516. The maximum atomic E-state index is 13.5. The number of nitrogens with two attached hydrogens (primary N) is 1. The van der Waals surface area contributed by atoms with Crippen molar-refractivity contribution in [3.63, 3.8) is 0 Å². The van der Waals surface area contributed by atoms with Crippen molar-refractivity contribution >= 4 is 5.69 Å². The minimum absolute atomic E-state index is 0.237. The van der Waals surface area contributed by atoms with Crippen molar-refractivity contribution in [3.05, 3.63) is 29.1 Å². The third-order valence-electron chi connectivity index (χ3n) is 2.78. The van der Waals surface area contributed by atoms with E-state index in [2.05, 4.69) is 0 Å². The molecule has 0 saturated heterocycles. The van der Waals surface area contributed by atoms with Crippen LogP contribution in [0.3, 0.4) is 0 Å². The zero-order chi connectivity index (χ0) is 14.0. The van der Waals surface area contributed by atoms with Crippen molar-refractivity contribution in [2.75, 3.05) is 18.5 Å². The predicted octanol–water partition coefficient (Wildman–Crippen LogP) is 2.56. The SMILES string of the molecule is CC(CCN)N(C)c1c(F)c(F)c(F)c(F)c1F. The molecule has 102 valence electrons. The lowest BCUT2D eigenvalue weighted by atomic mass is 10.1. The lowest BCUT2D eigenvalue weighted by molar-refractivity contribution is 0.377. The molecule has 2 nitrogen and oxygen atoms in total. The summed E-state index contributed by atoms with van der Waals surface area (Å²) in [5, 5.41) is 0. The number of rotatable bonds is 4. The molecule has 2 N–H and O–H groups in total. The van der Waals surface area contributed by atoms with Gasteiger partial charge in [-0.15, -0.1) is 0 Å². The minimum Gasteiger partial charge on any atom is -0.367 e. The van der Waals surface area contributed by atoms with E-state index in [1.807, 2.05) is 0 Å². The topological polar surface area (TPSA) is 29.3 Å². The van der Waals surface area contributed by atoms with Crippen LogP contribution in [0.25, 0.3) is 0 Å². The first-order valence-electron chi connectivity index (χ1n) is 5.27. The van der Waals surface area contributed by atoms with Crippen molar-refractivity contribution < 1.29 is 22.0 Å². The van der Waals surface area contributed by atoms with Crippen LogP contribution in [-0.4, -0.2) is 19.6 Å². The monoisotopic (exact) mass is 268 g/mol. The average molecular weight is 268 g/mol. The van der Waals surface area contributed by atoms with Gasteiger partial charge in [-0.25, -0.2) is 22.0 Å². The summed E-state index contributed by atoms with van der Waals surface area (Å²) < 4.78 is 65.8. The van der Waals surface area contributed by atoms with Crippen molar-refractivity contribution in [2.24, 2.45) is 5.73 Å². The van der Waals surface area contributed by atoms with E-state index in [-0.39, 0.29) is 6.54 Å². The van der Waals surface area contributed by atoms with Gasteiger partial charge in [0.05, 0.1) is 0 Å². The number of halogens is 5. The van der Waals surface area contributed by atoms with Crippen LogP contribution >= 0.6 is 0 Å². The van der Waals surface area contributed by atoms with Crippen LogP contribution in [0.2, 0.25) is 0 Å². The fourth-order valence-corrected chi connectivity index (χ4v) is 1.56. The van der Waals surface area contributed by atoms with E-state index >= 15 is 0 Å². The van der Waals surface area contributed by atoms with Gasteiger partial charge in [-0.1, -0.05) is 0 Å². The van der Waals surface area contributed by atoms with E-state index in [0.717, 1.165) is 4.90 Å². The molecule has 0 amide bonds. The smallest absolute Gasteiger partial charge is 0.200 e. The highest BCUT2D eigenvalue weighted by molar-refractivity contribution is 5.50. The Kier molecular flexibility index (Phi) is 4.50. The van der Waals surface area contributed by atoms with E-state index in [1.54, 1.807) is 6.92 Å². The third-order valence-corrected chi connectivity index (χ3v) is 2.78. The normalized spacial score (nSPS) is 12.7. The van der Waals surface area contributed by atoms with Gasteiger partial charge in [-0.3, -0.25) is 0 Å². The van der Waals surface area contributed by atoms with Crippen molar-refractivity contribution in [3.8, 4) is 0 Å². The molecule has 0 aromatic heterocycles. The lowest BCUT2D eigenvalue weighted by Gasteiger charge is -2.27. The number of nitrogens with zero attached hydrogens (tertiary/aromatic N) is 1. The standard InChI is InChI=1S/C11H13F5N2/c1-5(3-4-17)18(2)11-9(15)7(13)6(12)8(14)10(11)16/h5H,3-4,17H2,1-2H3. The first-order valence-corrected chi connectivity index (χ1v) is 5.27. The van der Waals surface area contributed by atoms with Crippen molar-refractivity contribution in [1.82, 2.24) is 0 Å². The van der Waals surface area contributed by atoms with Gasteiger partial charge < -0.3 is 10.6 Å². The van der Waals surface area contributed by atoms with Crippen LogP contribution < -0.4 is 10.6 Å². The molecule has 18 heavy (non-hydrogen) atoms. The Morgan fingerprint density at radius 3 is 1.72 bits per heavy atom. The summed E-state index contributed by atoms with van der Waals surface area (Å²) in [5.41, 5.74) is 4.35. The molecule has 0 spiro atoms. The highest BCUT2D eigenvalue weighted by Crippen LogP contribution is 2.30. The molecule has 1 rings (SSSR count). The molecular weight excluding hydrogens is 255 g/mol. The Balaban J connectivity index is 3.32.